The van der Waals surface area contributed by atoms with Gasteiger partial charge in [-0.25, -0.2) is 0 Å². The number of aromatic amines is 1. The van der Waals surface area contributed by atoms with E-state index >= 15 is 0 Å². The fraction of sp³-hybridized carbons (Fsp3) is 0.312. The fourth-order valence-electron chi connectivity index (χ4n) is 2.11. The van der Waals surface area contributed by atoms with Gasteiger partial charge < -0.3 is 4.90 Å². The van der Waals surface area contributed by atoms with Crippen LogP contribution >= 0.6 is 39.0 Å². The van der Waals surface area contributed by atoms with E-state index in [2.05, 4.69) is 69.7 Å². The van der Waals surface area contributed by atoms with E-state index < -0.39 is 0 Å². The predicted octanol–water partition coefficient (Wildman–Crippen LogP) is 5.68. The maximum Gasteiger partial charge on any atom is 0.124 e. The molecule has 3 nitrogen and oxygen atoms in total. The fourth-order valence-corrected chi connectivity index (χ4v) is 4.39. The molecule has 0 aliphatic rings. The summed E-state index contributed by atoms with van der Waals surface area (Å²) in [5.41, 5.74) is 0. The second-order valence-corrected chi connectivity index (χ2v) is 8.92. The number of halogens is 1. The van der Waals surface area contributed by atoms with Gasteiger partial charge in [0.2, 0.25) is 0 Å². The van der Waals surface area contributed by atoms with Gasteiger partial charge in [-0.2, -0.15) is 5.10 Å². The van der Waals surface area contributed by atoms with Gasteiger partial charge in [-0.15, -0.1) is 11.3 Å². The quantitative estimate of drug-likeness (QED) is 0.621. The SMILES string of the molecule is C=C(Br)S/C(=C\CC)CN(Cc1ccc(C)s1)c1ccn[nH]1. The van der Waals surface area contributed by atoms with Gasteiger partial charge in [-0.05, 0) is 41.4 Å². The molecule has 2 aromatic heterocycles. The predicted molar refractivity (Wildman–Crippen MR) is 103 cm³/mol. The average molecular weight is 398 g/mol. The molecule has 118 valence electrons. The van der Waals surface area contributed by atoms with E-state index in [1.165, 1.54) is 14.7 Å². The molecule has 0 aromatic carbocycles. The minimum Gasteiger partial charge on any atom is -0.347 e. The molecule has 0 aliphatic carbocycles. The Kier molecular flexibility index (Phi) is 6.79. The number of thiophene rings is 1. The van der Waals surface area contributed by atoms with Gasteiger partial charge in [-0.1, -0.05) is 31.3 Å². The molecule has 2 heterocycles. The van der Waals surface area contributed by atoms with E-state index in [0.29, 0.717) is 0 Å². The Morgan fingerprint density at radius 1 is 1.50 bits per heavy atom. The van der Waals surface area contributed by atoms with Crippen LogP contribution in [-0.2, 0) is 6.54 Å². The van der Waals surface area contributed by atoms with E-state index in [-0.39, 0.29) is 0 Å². The Morgan fingerprint density at radius 2 is 2.32 bits per heavy atom. The van der Waals surface area contributed by atoms with Crippen LogP contribution < -0.4 is 4.90 Å². The van der Waals surface area contributed by atoms with E-state index in [1.807, 2.05) is 17.4 Å². The van der Waals surface area contributed by atoms with Crippen molar-refractivity contribution in [3.05, 3.63) is 55.5 Å². The van der Waals surface area contributed by atoms with E-state index in [4.69, 9.17) is 0 Å². The lowest BCUT2D eigenvalue weighted by molar-refractivity contribution is 0.843. The van der Waals surface area contributed by atoms with Crippen LogP contribution in [-0.4, -0.2) is 16.7 Å². The summed E-state index contributed by atoms with van der Waals surface area (Å²) in [5.74, 6) is 1.04. The summed E-state index contributed by atoms with van der Waals surface area (Å²) in [4.78, 5) is 6.29. The topological polar surface area (TPSA) is 31.9 Å². The van der Waals surface area contributed by atoms with Crippen LogP contribution in [0.15, 0.2) is 45.8 Å². The molecule has 0 atom stereocenters. The van der Waals surface area contributed by atoms with Crippen molar-refractivity contribution in [1.29, 1.82) is 0 Å². The average Bonchev–Trinajstić information content (AvgIpc) is 3.09. The number of H-pyrrole nitrogens is 1. The minimum absolute atomic E-state index is 0.836. The first-order chi connectivity index (χ1) is 10.6. The third kappa shape index (κ3) is 5.34. The maximum atomic E-state index is 4.09. The molecular formula is C16H20BrN3S2. The van der Waals surface area contributed by atoms with Gasteiger partial charge in [0, 0.05) is 24.5 Å². The third-order valence-electron chi connectivity index (χ3n) is 2.99. The Morgan fingerprint density at radius 3 is 2.86 bits per heavy atom. The summed E-state index contributed by atoms with van der Waals surface area (Å²) in [6, 6.07) is 6.38. The molecule has 0 spiro atoms. The smallest absolute Gasteiger partial charge is 0.124 e. The van der Waals surface area contributed by atoms with Gasteiger partial charge in [0.1, 0.15) is 5.82 Å². The molecule has 2 rings (SSSR count). The number of aromatic nitrogens is 2. The third-order valence-corrected chi connectivity index (χ3v) is 5.24. The Hall–Kier alpha value is -0.980. The molecule has 0 unspecified atom stereocenters. The van der Waals surface area contributed by atoms with Crippen LogP contribution in [0, 0.1) is 6.92 Å². The normalized spacial score (nSPS) is 11.7. The Balaban J connectivity index is 2.17. The van der Waals surface area contributed by atoms with Crippen molar-refractivity contribution in [3.63, 3.8) is 0 Å². The number of allylic oxidation sites excluding steroid dienone is 1. The second-order valence-electron chi connectivity index (χ2n) is 4.85. The lowest BCUT2D eigenvalue weighted by Gasteiger charge is -2.23. The largest absolute Gasteiger partial charge is 0.347 e. The van der Waals surface area contributed by atoms with Crippen molar-refractivity contribution in [2.24, 2.45) is 0 Å². The molecule has 1 N–H and O–H groups in total. The molecule has 0 aliphatic heterocycles. The van der Waals surface area contributed by atoms with E-state index in [1.54, 1.807) is 18.0 Å². The zero-order chi connectivity index (χ0) is 15.9. The highest BCUT2D eigenvalue weighted by molar-refractivity contribution is 9.14. The van der Waals surface area contributed by atoms with Gasteiger partial charge in [0.15, 0.2) is 0 Å². The maximum absolute atomic E-state index is 4.09. The first kappa shape index (κ1) is 17.4. The summed E-state index contributed by atoms with van der Waals surface area (Å²) in [6.45, 7) is 9.94. The summed E-state index contributed by atoms with van der Waals surface area (Å²) in [7, 11) is 0. The number of aryl methyl sites for hydroxylation is 1. The molecule has 0 amide bonds. The lowest BCUT2D eigenvalue weighted by atomic mass is 10.3. The van der Waals surface area contributed by atoms with E-state index in [9.17, 15) is 0 Å². The second kappa shape index (κ2) is 8.60. The van der Waals surface area contributed by atoms with Gasteiger partial charge in [-0.3, -0.25) is 5.10 Å². The first-order valence-corrected chi connectivity index (χ1v) is 9.52. The highest BCUT2D eigenvalue weighted by atomic mass is 79.9. The number of thioether (sulfide) groups is 1. The van der Waals surface area contributed by atoms with Gasteiger partial charge >= 0.3 is 0 Å². The van der Waals surface area contributed by atoms with Gasteiger partial charge in [0.25, 0.3) is 0 Å². The number of nitrogens with zero attached hydrogens (tertiary/aromatic N) is 2. The summed E-state index contributed by atoms with van der Waals surface area (Å²) < 4.78 is 0.934. The van der Waals surface area contributed by atoms with Crippen LogP contribution in [0.4, 0.5) is 5.82 Å². The summed E-state index contributed by atoms with van der Waals surface area (Å²) in [5, 5.41) is 7.16. The summed E-state index contributed by atoms with van der Waals surface area (Å²) in [6.07, 6.45) is 5.06. The molecule has 0 bridgehead atoms. The Bertz CT molecular complexity index is 632. The molecule has 0 fully saturated rings. The monoisotopic (exact) mass is 397 g/mol. The minimum atomic E-state index is 0.836. The molecule has 6 heteroatoms. The Labute approximate surface area is 148 Å². The van der Waals surface area contributed by atoms with Crippen molar-refractivity contribution < 1.29 is 0 Å². The number of anilines is 1. The molecule has 22 heavy (non-hydrogen) atoms. The standard InChI is InChI=1S/C16H20BrN3S2/c1-4-5-14(22-13(3)17)10-20(16-8-9-18-19-16)11-15-7-6-12(2)21-15/h5-9H,3-4,10-11H2,1-2H3,(H,18,19)/b14-5-. The van der Waals surface area contributed by atoms with Gasteiger partial charge in [0.05, 0.1) is 19.3 Å². The van der Waals surface area contributed by atoms with E-state index in [0.717, 1.165) is 29.1 Å². The van der Waals surface area contributed by atoms with Crippen molar-refractivity contribution in [3.8, 4) is 0 Å². The molecule has 2 aromatic rings. The summed E-state index contributed by atoms with van der Waals surface area (Å²) >= 11 is 6.96. The van der Waals surface area contributed by atoms with Crippen LogP contribution in [0.1, 0.15) is 23.1 Å². The number of nitrogens with one attached hydrogen (secondary N) is 1. The zero-order valence-electron chi connectivity index (χ0n) is 12.8. The molecule has 0 radical (unpaired) electrons. The molecular weight excluding hydrogens is 378 g/mol. The highest BCUT2D eigenvalue weighted by Crippen LogP contribution is 2.31. The van der Waals surface area contributed by atoms with Crippen LogP contribution in [0.3, 0.4) is 0 Å². The number of hydrogen-bond acceptors (Lipinski definition) is 4. The number of rotatable bonds is 8. The zero-order valence-corrected chi connectivity index (χ0v) is 16.0. The van der Waals surface area contributed by atoms with Crippen LogP contribution in [0.25, 0.3) is 0 Å². The van der Waals surface area contributed by atoms with Crippen molar-refractivity contribution in [2.75, 3.05) is 11.4 Å². The first-order valence-electron chi connectivity index (χ1n) is 7.09. The molecule has 0 saturated heterocycles. The highest BCUT2D eigenvalue weighted by Gasteiger charge is 2.13. The van der Waals surface area contributed by atoms with Crippen molar-refractivity contribution >= 4 is 44.8 Å². The lowest BCUT2D eigenvalue weighted by Crippen LogP contribution is -2.24. The number of hydrogen-bond donors (Lipinski definition) is 1. The molecule has 0 saturated carbocycles. The van der Waals surface area contributed by atoms with Crippen LogP contribution in [0.5, 0.6) is 0 Å². The van der Waals surface area contributed by atoms with Crippen molar-refractivity contribution in [1.82, 2.24) is 10.2 Å². The van der Waals surface area contributed by atoms with Crippen LogP contribution in [0.2, 0.25) is 0 Å². The van der Waals surface area contributed by atoms with Crippen molar-refractivity contribution in [2.45, 2.75) is 26.8 Å².